The number of hydrogen-bond acceptors (Lipinski definition) is 6. The van der Waals surface area contributed by atoms with Gasteiger partial charge in [0, 0.05) is 29.9 Å². The molecule has 4 aromatic carbocycles. The van der Waals surface area contributed by atoms with Crippen LogP contribution in [0.3, 0.4) is 0 Å². The summed E-state index contributed by atoms with van der Waals surface area (Å²) in [6.07, 6.45) is -0.754. The number of fused-ring (bicyclic) bond motifs is 3. The van der Waals surface area contributed by atoms with Gasteiger partial charge in [-0.15, -0.1) is 0 Å². The van der Waals surface area contributed by atoms with Gasteiger partial charge in [-0.1, -0.05) is 78.9 Å². The number of anilines is 1. The van der Waals surface area contributed by atoms with Crippen molar-refractivity contribution in [3.63, 3.8) is 0 Å². The minimum absolute atomic E-state index is 0.0342. The molecule has 2 heterocycles. The molecule has 1 fully saturated rings. The van der Waals surface area contributed by atoms with Gasteiger partial charge in [0.05, 0.1) is 12.3 Å². The molecule has 10 heteroatoms. The number of rotatable bonds is 8. The number of aliphatic imine (C=N–C) groups is 1. The van der Waals surface area contributed by atoms with E-state index >= 15 is 0 Å². The van der Waals surface area contributed by atoms with Crippen LogP contribution in [-0.2, 0) is 38.6 Å². The van der Waals surface area contributed by atoms with E-state index in [-0.39, 0.29) is 30.7 Å². The van der Waals surface area contributed by atoms with E-state index in [1.165, 1.54) is 0 Å². The van der Waals surface area contributed by atoms with Crippen molar-refractivity contribution in [2.75, 3.05) is 11.9 Å². The SMILES string of the molecule is NC(=NC(=O)OCc1ccccc1)c1ccc(C(=O)Nc2ccc3c(c2)CN(CCc2ccccc2)C(=O)[C@@H]2CC(=O)O[C@@H]32)cc1. The molecular weight excluding hydrogens is 584 g/mol. The topological polar surface area (TPSA) is 140 Å². The van der Waals surface area contributed by atoms with Crippen molar-refractivity contribution >= 4 is 35.4 Å². The molecule has 4 aromatic rings. The van der Waals surface area contributed by atoms with Gasteiger partial charge in [-0.05, 0) is 52.9 Å². The van der Waals surface area contributed by atoms with Gasteiger partial charge >= 0.3 is 12.1 Å². The number of carbonyl (C=O) groups excluding carboxylic acids is 4. The second-order valence-corrected chi connectivity index (χ2v) is 11.2. The van der Waals surface area contributed by atoms with Crippen LogP contribution in [-0.4, -0.2) is 41.2 Å². The van der Waals surface area contributed by atoms with Gasteiger partial charge < -0.3 is 25.4 Å². The Balaban J connectivity index is 1.13. The van der Waals surface area contributed by atoms with Crippen LogP contribution in [0.25, 0.3) is 0 Å². The Morgan fingerprint density at radius 3 is 2.28 bits per heavy atom. The summed E-state index contributed by atoms with van der Waals surface area (Å²) in [5, 5.41) is 2.91. The fraction of sp³-hybridized carbons (Fsp3) is 0.194. The predicted octanol–water partition coefficient (Wildman–Crippen LogP) is 5.17. The number of nitrogens with two attached hydrogens (primary N) is 1. The van der Waals surface area contributed by atoms with E-state index in [0.717, 1.165) is 22.3 Å². The summed E-state index contributed by atoms with van der Waals surface area (Å²) >= 11 is 0. The minimum Gasteiger partial charge on any atom is -0.457 e. The lowest BCUT2D eigenvalue weighted by Crippen LogP contribution is -2.36. The van der Waals surface area contributed by atoms with E-state index in [0.29, 0.717) is 36.3 Å². The van der Waals surface area contributed by atoms with Crippen molar-refractivity contribution in [1.29, 1.82) is 0 Å². The number of nitrogens with one attached hydrogen (secondary N) is 1. The first kappa shape index (κ1) is 30.3. The summed E-state index contributed by atoms with van der Waals surface area (Å²) in [6, 6.07) is 30.9. The van der Waals surface area contributed by atoms with Crippen molar-refractivity contribution in [3.05, 3.63) is 137 Å². The lowest BCUT2D eigenvalue weighted by Gasteiger charge is -2.23. The van der Waals surface area contributed by atoms with Crippen LogP contribution in [0.15, 0.2) is 108 Å². The highest BCUT2D eigenvalue weighted by Gasteiger charge is 2.45. The molecule has 2 atom stereocenters. The second-order valence-electron chi connectivity index (χ2n) is 11.2. The highest BCUT2D eigenvalue weighted by atomic mass is 16.6. The van der Waals surface area contributed by atoms with Gasteiger partial charge in [0.15, 0.2) is 0 Å². The van der Waals surface area contributed by atoms with Gasteiger partial charge in [0.1, 0.15) is 18.5 Å². The van der Waals surface area contributed by atoms with E-state index in [4.69, 9.17) is 15.2 Å². The van der Waals surface area contributed by atoms with Crippen molar-refractivity contribution in [3.8, 4) is 0 Å². The maximum atomic E-state index is 13.5. The predicted molar refractivity (Wildman–Crippen MR) is 171 cm³/mol. The monoisotopic (exact) mass is 616 g/mol. The molecule has 0 radical (unpaired) electrons. The third-order valence-corrected chi connectivity index (χ3v) is 8.08. The quantitative estimate of drug-likeness (QED) is 0.158. The molecule has 3 N–H and O–H groups in total. The Labute approximate surface area is 265 Å². The highest BCUT2D eigenvalue weighted by molar-refractivity contribution is 6.06. The van der Waals surface area contributed by atoms with E-state index in [1.54, 1.807) is 35.2 Å². The van der Waals surface area contributed by atoms with E-state index in [1.807, 2.05) is 72.8 Å². The lowest BCUT2D eigenvalue weighted by atomic mass is 9.93. The molecule has 0 unspecified atom stereocenters. The average molecular weight is 617 g/mol. The largest absolute Gasteiger partial charge is 0.457 e. The number of carbonyl (C=O) groups is 4. The van der Waals surface area contributed by atoms with Crippen LogP contribution < -0.4 is 11.1 Å². The standard InChI is InChI=1S/C36H32N4O6/c37-33(39-36(44)45-22-24-9-5-2-6-10-24)25-11-13-26(14-12-25)34(42)38-28-15-16-29-27(19-28)21-40(18-17-23-7-3-1-4-8-23)35(43)30-20-31(41)46-32(29)30/h1-16,19,30,32H,17-18,20-22H2,(H,38,42)(H2,37,39,44)/t30-,32+/m1/s1. The van der Waals surface area contributed by atoms with Crippen LogP contribution in [0.2, 0.25) is 0 Å². The normalized spacial score (nSPS) is 17.4. The fourth-order valence-corrected chi connectivity index (χ4v) is 5.68. The maximum Gasteiger partial charge on any atom is 0.435 e. The molecule has 46 heavy (non-hydrogen) atoms. The van der Waals surface area contributed by atoms with Gasteiger partial charge in [0.2, 0.25) is 5.91 Å². The molecule has 2 aliphatic heterocycles. The number of amides is 3. The maximum absolute atomic E-state index is 13.5. The van der Waals surface area contributed by atoms with Crippen molar-refractivity contribution in [2.45, 2.75) is 32.1 Å². The molecule has 0 bridgehead atoms. The highest BCUT2D eigenvalue weighted by Crippen LogP contribution is 2.41. The molecule has 0 aromatic heterocycles. The van der Waals surface area contributed by atoms with Crippen LogP contribution in [0.1, 0.15) is 50.7 Å². The number of nitrogens with zero attached hydrogens (tertiary/aromatic N) is 2. The first-order chi connectivity index (χ1) is 22.3. The summed E-state index contributed by atoms with van der Waals surface area (Å²) in [7, 11) is 0. The molecule has 0 spiro atoms. The molecule has 2 aliphatic rings. The Morgan fingerprint density at radius 2 is 1.57 bits per heavy atom. The Kier molecular flexibility index (Phi) is 8.87. The second kappa shape index (κ2) is 13.5. The summed E-state index contributed by atoms with van der Waals surface area (Å²) in [6.45, 7) is 0.892. The zero-order valence-electron chi connectivity index (χ0n) is 24.9. The third kappa shape index (κ3) is 6.96. The molecule has 6 rings (SSSR count). The minimum atomic E-state index is -0.814. The van der Waals surface area contributed by atoms with Gasteiger partial charge in [-0.3, -0.25) is 14.4 Å². The van der Waals surface area contributed by atoms with E-state index in [2.05, 4.69) is 10.3 Å². The molecule has 0 aliphatic carbocycles. The lowest BCUT2D eigenvalue weighted by molar-refractivity contribution is -0.142. The first-order valence-electron chi connectivity index (χ1n) is 15.0. The number of benzene rings is 4. The Morgan fingerprint density at radius 1 is 0.891 bits per heavy atom. The Bertz CT molecular complexity index is 1790. The summed E-state index contributed by atoms with van der Waals surface area (Å²) in [4.78, 5) is 56.6. The number of esters is 1. The zero-order valence-corrected chi connectivity index (χ0v) is 24.9. The van der Waals surface area contributed by atoms with E-state index in [9.17, 15) is 19.2 Å². The van der Waals surface area contributed by atoms with Crippen molar-refractivity contribution in [2.24, 2.45) is 16.6 Å². The van der Waals surface area contributed by atoms with Crippen LogP contribution >= 0.6 is 0 Å². The number of amidine groups is 1. The van der Waals surface area contributed by atoms with E-state index < -0.39 is 24.1 Å². The van der Waals surface area contributed by atoms with Crippen LogP contribution in [0, 0.1) is 5.92 Å². The molecule has 0 saturated carbocycles. The third-order valence-electron chi connectivity index (χ3n) is 8.08. The van der Waals surface area contributed by atoms with Crippen molar-refractivity contribution in [1.82, 2.24) is 4.90 Å². The van der Waals surface area contributed by atoms with Crippen LogP contribution in [0.5, 0.6) is 0 Å². The van der Waals surface area contributed by atoms with Crippen LogP contribution in [0.4, 0.5) is 10.5 Å². The van der Waals surface area contributed by atoms with Gasteiger partial charge in [-0.2, -0.15) is 4.99 Å². The zero-order chi connectivity index (χ0) is 32.0. The molecule has 10 nitrogen and oxygen atoms in total. The summed E-state index contributed by atoms with van der Waals surface area (Å²) in [5.41, 5.74) is 10.9. The summed E-state index contributed by atoms with van der Waals surface area (Å²) in [5.74, 6) is -1.48. The fourth-order valence-electron chi connectivity index (χ4n) is 5.68. The average Bonchev–Trinajstić information content (AvgIpc) is 3.43. The summed E-state index contributed by atoms with van der Waals surface area (Å²) < 4.78 is 10.8. The van der Waals surface area contributed by atoms with Gasteiger partial charge in [-0.25, -0.2) is 4.79 Å². The number of hydrogen-bond donors (Lipinski definition) is 2. The first-order valence-corrected chi connectivity index (χ1v) is 15.0. The van der Waals surface area contributed by atoms with Gasteiger partial charge in [0.25, 0.3) is 5.91 Å². The molecular formula is C36H32N4O6. The molecule has 232 valence electrons. The molecule has 3 amide bonds. The number of ether oxygens (including phenoxy) is 2. The van der Waals surface area contributed by atoms with Crippen molar-refractivity contribution < 1.29 is 28.7 Å². The smallest absolute Gasteiger partial charge is 0.435 e. The molecule has 1 saturated heterocycles. The Hall–Kier alpha value is -5.77.